The van der Waals surface area contributed by atoms with Crippen LogP contribution in [0.1, 0.15) is 25.7 Å². The van der Waals surface area contributed by atoms with E-state index in [9.17, 15) is 4.79 Å². The van der Waals surface area contributed by atoms with Crippen molar-refractivity contribution < 1.29 is 4.79 Å². The zero-order valence-electron chi connectivity index (χ0n) is 7.12. The molecule has 0 unspecified atom stereocenters. The van der Waals surface area contributed by atoms with Crippen LogP contribution in [0.3, 0.4) is 0 Å². The molecule has 2 rings (SSSR count). The van der Waals surface area contributed by atoms with Gasteiger partial charge in [0.15, 0.2) is 0 Å². The Labute approximate surface area is 72.6 Å². The van der Waals surface area contributed by atoms with E-state index in [1.807, 2.05) is 17.1 Å². The minimum absolute atomic E-state index is 0.295. The maximum Gasteiger partial charge on any atom is 0.227 e. The van der Waals surface area contributed by atoms with Crippen molar-refractivity contribution in [2.75, 3.05) is 6.54 Å². The van der Waals surface area contributed by atoms with E-state index in [0.29, 0.717) is 5.91 Å². The van der Waals surface area contributed by atoms with Crippen molar-refractivity contribution in [3.63, 3.8) is 0 Å². The topological polar surface area (TPSA) is 20.3 Å². The van der Waals surface area contributed by atoms with Crippen molar-refractivity contribution >= 4 is 5.91 Å². The highest BCUT2D eigenvalue weighted by Gasteiger charge is 2.20. The molecule has 0 aromatic rings. The lowest BCUT2D eigenvalue weighted by Crippen LogP contribution is -2.30. The third-order valence-corrected chi connectivity index (χ3v) is 2.43. The van der Waals surface area contributed by atoms with Crippen LogP contribution in [0.15, 0.2) is 23.9 Å². The third kappa shape index (κ3) is 1.29. The van der Waals surface area contributed by atoms with Crippen LogP contribution in [0.2, 0.25) is 0 Å². The molecule has 1 saturated heterocycles. The van der Waals surface area contributed by atoms with Gasteiger partial charge in [-0.25, -0.2) is 0 Å². The van der Waals surface area contributed by atoms with Crippen LogP contribution >= 0.6 is 0 Å². The molecule has 64 valence electrons. The van der Waals surface area contributed by atoms with Gasteiger partial charge in [-0.05, 0) is 25.3 Å². The van der Waals surface area contributed by atoms with E-state index in [1.165, 1.54) is 5.70 Å². The summed E-state index contributed by atoms with van der Waals surface area (Å²) in [5, 5.41) is 0. The Morgan fingerprint density at radius 3 is 3.00 bits per heavy atom. The quantitative estimate of drug-likeness (QED) is 0.533. The standard InChI is InChI=1S/C10H13NO/c12-10-7-2-1-5-9-6-3-4-8-11(9)10/h3-4,6H,1-2,5,7-8H2. The van der Waals surface area contributed by atoms with Crippen molar-refractivity contribution in [3.05, 3.63) is 23.9 Å². The number of allylic oxidation sites excluding steroid dienone is 3. The van der Waals surface area contributed by atoms with Gasteiger partial charge in [0.1, 0.15) is 0 Å². The Morgan fingerprint density at radius 1 is 1.25 bits per heavy atom. The lowest BCUT2D eigenvalue weighted by atomic mass is 10.1. The molecule has 0 bridgehead atoms. The number of hydrogen-bond acceptors (Lipinski definition) is 1. The molecule has 12 heavy (non-hydrogen) atoms. The first-order valence-electron chi connectivity index (χ1n) is 4.54. The Bertz CT molecular complexity index is 253. The maximum absolute atomic E-state index is 11.5. The minimum atomic E-state index is 0.295. The summed E-state index contributed by atoms with van der Waals surface area (Å²) in [5.74, 6) is 0.295. The molecular formula is C10H13NO. The van der Waals surface area contributed by atoms with Gasteiger partial charge in [0.25, 0.3) is 0 Å². The summed E-state index contributed by atoms with van der Waals surface area (Å²) in [7, 11) is 0. The van der Waals surface area contributed by atoms with Crippen molar-refractivity contribution in [3.8, 4) is 0 Å². The van der Waals surface area contributed by atoms with Crippen LogP contribution in [-0.4, -0.2) is 17.4 Å². The Kier molecular flexibility index (Phi) is 1.98. The minimum Gasteiger partial charge on any atom is -0.312 e. The molecule has 0 spiro atoms. The van der Waals surface area contributed by atoms with Gasteiger partial charge < -0.3 is 4.90 Å². The predicted molar refractivity (Wildman–Crippen MR) is 47.4 cm³/mol. The van der Waals surface area contributed by atoms with Crippen LogP contribution in [0, 0.1) is 0 Å². The second-order valence-electron chi connectivity index (χ2n) is 3.30. The molecule has 2 nitrogen and oxygen atoms in total. The van der Waals surface area contributed by atoms with Crippen LogP contribution in [0.4, 0.5) is 0 Å². The molecule has 0 radical (unpaired) electrons. The summed E-state index contributed by atoms with van der Waals surface area (Å²) >= 11 is 0. The fraction of sp³-hybridized carbons (Fsp3) is 0.500. The third-order valence-electron chi connectivity index (χ3n) is 2.43. The fourth-order valence-electron chi connectivity index (χ4n) is 1.75. The van der Waals surface area contributed by atoms with Crippen molar-refractivity contribution in [2.45, 2.75) is 25.7 Å². The normalized spacial score (nSPS) is 23.2. The zero-order chi connectivity index (χ0) is 8.39. The van der Waals surface area contributed by atoms with E-state index in [-0.39, 0.29) is 0 Å². The van der Waals surface area contributed by atoms with Crippen molar-refractivity contribution in [1.29, 1.82) is 0 Å². The summed E-state index contributed by atoms with van der Waals surface area (Å²) in [6.45, 7) is 0.782. The van der Waals surface area contributed by atoms with E-state index in [1.54, 1.807) is 0 Å². The molecule has 2 aliphatic heterocycles. The summed E-state index contributed by atoms with van der Waals surface area (Å²) in [6, 6.07) is 0. The maximum atomic E-state index is 11.5. The largest absolute Gasteiger partial charge is 0.312 e. The fourth-order valence-corrected chi connectivity index (χ4v) is 1.75. The molecule has 0 aromatic carbocycles. The molecule has 1 amide bonds. The van der Waals surface area contributed by atoms with Crippen LogP contribution in [0.25, 0.3) is 0 Å². The van der Waals surface area contributed by atoms with E-state index >= 15 is 0 Å². The summed E-state index contributed by atoms with van der Waals surface area (Å²) in [4.78, 5) is 13.4. The molecule has 0 aliphatic carbocycles. The molecule has 0 saturated carbocycles. The van der Waals surface area contributed by atoms with Gasteiger partial charge in [0, 0.05) is 18.7 Å². The van der Waals surface area contributed by atoms with Crippen LogP contribution in [-0.2, 0) is 4.79 Å². The van der Waals surface area contributed by atoms with E-state index in [4.69, 9.17) is 0 Å². The lowest BCUT2D eigenvalue weighted by Gasteiger charge is -2.23. The Hall–Kier alpha value is -1.05. The zero-order valence-corrected chi connectivity index (χ0v) is 7.12. The monoisotopic (exact) mass is 163 g/mol. The molecular weight excluding hydrogens is 150 g/mol. The molecule has 2 heteroatoms. The van der Waals surface area contributed by atoms with Crippen molar-refractivity contribution in [1.82, 2.24) is 4.90 Å². The lowest BCUT2D eigenvalue weighted by molar-refractivity contribution is -0.128. The van der Waals surface area contributed by atoms with Crippen LogP contribution < -0.4 is 0 Å². The first-order valence-corrected chi connectivity index (χ1v) is 4.54. The Morgan fingerprint density at radius 2 is 2.08 bits per heavy atom. The predicted octanol–water partition coefficient (Wildman–Crippen LogP) is 1.84. The van der Waals surface area contributed by atoms with Gasteiger partial charge >= 0.3 is 0 Å². The smallest absolute Gasteiger partial charge is 0.227 e. The van der Waals surface area contributed by atoms with E-state index in [2.05, 4.69) is 6.08 Å². The first kappa shape index (κ1) is 7.59. The van der Waals surface area contributed by atoms with Gasteiger partial charge in [-0.15, -0.1) is 0 Å². The first-order chi connectivity index (χ1) is 5.88. The summed E-state index contributed by atoms with van der Waals surface area (Å²) in [6.07, 6.45) is 10.1. The van der Waals surface area contributed by atoms with Gasteiger partial charge in [-0.1, -0.05) is 12.2 Å². The number of nitrogens with zero attached hydrogens (tertiary/aromatic N) is 1. The number of carbonyl (C=O) groups is 1. The molecule has 2 heterocycles. The number of amides is 1. The van der Waals surface area contributed by atoms with Gasteiger partial charge in [-0.2, -0.15) is 0 Å². The van der Waals surface area contributed by atoms with Crippen LogP contribution in [0.5, 0.6) is 0 Å². The average molecular weight is 163 g/mol. The molecule has 2 aliphatic rings. The number of fused-ring (bicyclic) bond motifs is 1. The van der Waals surface area contributed by atoms with Gasteiger partial charge in [0.2, 0.25) is 5.91 Å². The van der Waals surface area contributed by atoms with Crippen molar-refractivity contribution in [2.24, 2.45) is 0 Å². The summed E-state index contributed by atoms with van der Waals surface area (Å²) in [5.41, 5.74) is 1.21. The average Bonchev–Trinajstić information content (AvgIpc) is 2.29. The van der Waals surface area contributed by atoms with Gasteiger partial charge in [0.05, 0.1) is 0 Å². The molecule has 0 aromatic heterocycles. The second kappa shape index (κ2) is 3.13. The highest BCUT2D eigenvalue weighted by Crippen LogP contribution is 2.22. The molecule has 1 fully saturated rings. The second-order valence-corrected chi connectivity index (χ2v) is 3.30. The molecule has 0 N–H and O–H groups in total. The SMILES string of the molecule is O=C1CCCCC2=CC=CCN12. The molecule has 0 atom stereocenters. The summed E-state index contributed by atoms with van der Waals surface area (Å²) < 4.78 is 0. The highest BCUT2D eigenvalue weighted by atomic mass is 16.2. The van der Waals surface area contributed by atoms with Gasteiger partial charge in [-0.3, -0.25) is 4.79 Å². The highest BCUT2D eigenvalue weighted by molar-refractivity contribution is 5.79. The number of rotatable bonds is 0. The Balaban J connectivity index is 2.23. The number of carbonyl (C=O) groups excluding carboxylic acids is 1. The number of hydrogen-bond donors (Lipinski definition) is 0. The van der Waals surface area contributed by atoms with E-state index in [0.717, 1.165) is 32.2 Å². The van der Waals surface area contributed by atoms with E-state index < -0.39 is 0 Å².